The second-order valence-corrected chi connectivity index (χ2v) is 7.31. The highest BCUT2D eigenvalue weighted by molar-refractivity contribution is 6.07. The Kier molecular flexibility index (Phi) is 6.09. The SMILES string of the molecule is CCN(CCNC(=O)c1cc(-c2ccccc2)nc2c1c(C)nn2C)C(C)C. The predicted molar refractivity (Wildman–Crippen MR) is 113 cm³/mol. The standard InChI is InChI=1S/C22H29N5O/c1-6-27(15(2)3)13-12-23-22(28)18-14-19(17-10-8-7-9-11-17)24-21-20(18)16(4)25-26(21)5/h7-11,14-15H,6,12-13H2,1-5H3,(H,23,28). The van der Waals surface area contributed by atoms with Gasteiger partial charge in [0, 0.05) is 31.7 Å². The highest BCUT2D eigenvalue weighted by Gasteiger charge is 2.19. The number of benzene rings is 1. The fourth-order valence-electron chi connectivity index (χ4n) is 3.57. The number of fused-ring (bicyclic) bond motifs is 1. The number of aromatic nitrogens is 3. The molecule has 1 N–H and O–H groups in total. The Morgan fingerprint density at radius 3 is 2.61 bits per heavy atom. The van der Waals surface area contributed by atoms with Crippen LogP contribution in [0.15, 0.2) is 36.4 Å². The Labute approximate surface area is 166 Å². The van der Waals surface area contributed by atoms with Crippen LogP contribution >= 0.6 is 0 Å². The predicted octanol–water partition coefficient (Wildman–Crippen LogP) is 3.40. The van der Waals surface area contributed by atoms with E-state index in [4.69, 9.17) is 4.98 Å². The molecule has 1 aromatic carbocycles. The van der Waals surface area contributed by atoms with Crippen molar-refractivity contribution < 1.29 is 4.79 Å². The van der Waals surface area contributed by atoms with Crippen molar-refractivity contribution in [2.24, 2.45) is 7.05 Å². The van der Waals surface area contributed by atoms with Crippen molar-refractivity contribution in [2.45, 2.75) is 33.7 Å². The molecule has 0 radical (unpaired) electrons. The number of nitrogens with zero attached hydrogens (tertiary/aromatic N) is 4. The molecule has 0 bridgehead atoms. The molecule has 2 aromatic heterocycles. The average Bonchev–Trinajstić information content (AvgIpc) is 2.98. The number of carbonyl (C=O) groups is 1. The minimum absolute atomic E-state index is 0.0829. The summed E-state index contributed by atoms with van der Waals surface area (Å²) in [5.41, 5.74) is 3.92. The van der Waals surface area contributed by atoms with E-state index < -0.39 is 0 Å². The lowest BCUT2D eigenvalue weighted by Gasteiger charge is -2.24. The molecule has 0 aliphatic rings. The maximum absolute atomic E-state index is 13.0. The van der Waals surface area contributed by atoms with Crippen molar-refractivity contribution in [3.8, 4) is 11.3 Å². The van der Waals surface area contributed by atoms with Crippen molar-refractivity contribution in [2.75, 3.05) is 19.6 Å². The third-order valence-electron chi connectivity index (χ3n) is 5.10. The quantitative estimate of drug-likeness (QED) is 0.683. The molecule has 148 valence electrons. The number of pyridine rings is 1. The van der Waals surface area contributed by atoms with Crippen LogP contribution in [0.1, 0.15) is 36.8 Å². The third kappa shape index (κ3) is 4.07. The first kappa shape index (κ1) is 20.0. The molecule has 6 heteroatoms. The molecule has 0 spiro atoms. The van der Waals surface area contributed by atoms with Crippen LogP contribution < -0.4 is 5.32 Å². The zero-order valence-electron chi connectivity index (χ0n) is 17.4. The summed E-state index contributed by atoms with van der Waals surface area (Å²) in [7, 11) is 1.86. The molecule has 28 heavy (non-hydrogen) atoms. The van der Waals surface area contributed by atoms with Gasteiger partial charge < -0.3 is 5.32 Å². The molecule has 0 unspecified atom stereocenters. The van der Waals surface area contributed by atoms with Crippen molar-refractivity contribution in [1.29, 1.82) is 0 Å². The zero-order valence-corrected chi connectivity index (χ0v) is 17.4. The molecule has 6 nitrogen and oxygen atoms in total. The van der Waals surface area contributed by atoms with Gasteiger partial charge in [0.05, 0.1) is 22.3 Å². The van der Waals surface area contributed by atoms with Gasteiger partial charge in [0.1, 0.15) is 0 Å². The van der Waals surface area contributed by atoms with Crippen LogP contribution in [-0.4, -0.2) is 51.2 Å². The maximum Gasteiger partial charge on any atom is 0.252 e. The number of likely N-dealkylation sites (N-methyl/N-ethyl adjacent to an activating group) is 1. The van der Waals surface area contributed by atoms with Gasteiger partial charge in [0.2, 0.25) is 0 Å². The van der Waals surface area contributed by atoms with Gasteiger partial charge in [-0.25, -0.2) is 4.98 Å². The van der Waals surface area contributed by atoms with E-state index in [0.29, 0.717) is 18.2 Å². The third-order valence-corrected chi connectivity index (χ3v) is 5.10. The average molecular weight is 380 g/mol. The van der Waals surface area contributed by atoms with Crippen LogP contribution in [0, 0.1) is 6.92 Å². The fraction of sp³-hybridized carbons (Fsp3) is 0.409. The van der Waals surface area contributed by atoms with Crippen molar-refractivity contribution in [1.82, 2.24) is 25.0 Å². The van der Waals surface area contributed by atoms with Crippen LogP contribution in [0.4, 0.5) is 0 Å². The van der Waals surface area contributed by atoms with Gasteiger partial charge in [-0.15, -0.1) is 0 Å². The van der Waals surface area contributed by atoms with Gasteiger partial charge in [-0.1, -0.05) is 37.3 Å². The monoisotopic (exact) mass is 379 g/mol. The van der Waals surface area contributed by atoms with E-state index in [1.807, 2.05) is 50.4 Å². The summed E-state index contributed by atoms with van der Waals surface area (Å²) in [6.07, 6.45) is 0. The van der Waals surface area contributed by atoms with E-state index in [-0.39, 0.29) is 5.91 Å². The number of aryl methyl sites for hydroxylation is 2. The van der Waals surface area contributed by atoms with Crippen LogP contribution in [0.3, 0.4) is 0 Å². The first-order valence-electron chi connectivity index (χ1n) is 9.84. The number of nitrogens with one attached hydrogen (secondary N) is 1. The van der Waals surface area contributed by atoms with Gasteiger partial charge in [-0.05, 0) is 33.4 Å². The molecule has 3 aromatic rings. The van der Waals surface area contributed by atoms with E-state index in [9.17, 15) is 4.79 Å². The lowest BCUT2D eigenvalue weighted by molar-refractivity contribution is 0.0947. The molecule has 2 heterocycles. The van der Waals surface area contributed by atoms with Crippen LogP contribution in [0.5, 0.6) is 0 Å². The summed E-state index contributed by atoms with van der Waals surface area (Å²) in [4.78, 5) is 20.1. The highest BCUT2D eigenvalue weighted by atomic mass is 16.1. The van der Waals surface area contributed by atoms with E-state index in [0.717, 1.165) is 41.1 Å². The smallest absolute Gasteiger partial charge is 0.252 e. The highest BCUT2D eigenvalue weighted by Crippen LogP contribution is 2.26. The summed E-state index contributed by atoms with van der Waals surface area (Å²) in [5.74, 6) is -0.0829. The first-order chi connectivity index (χ1) is 13.4. The van der Waals surface area contributed by atoms with Crippen LogP contribution in [-0.2, 0) is 7.05 Å². The maximum atomic E-state index is 13.0. The summed E-state index contributed by atoms with van der Waals surface area (Å²) < 4.78 is 1.74. The van der Waals surface area contributed by atoms with E-state index in [1.54, 1.807) is 4.68 Å². The summed E-state index contributed by atoms with van der Waals surface area (Å²) in [5, 5.41) is 8.38. The molecule has 0 atom stereocenters. The topological polar surface area (TPSA) is 63.1 Å². The Morgan fingerprint density at radius 2 is 1.96 bits per heavy atom. The Bertz CT molecular complexity index is 962. The molecule has 0 fully saturated rings. The van der Waals surface area contributed by atoms with Gasteiger partial charge in [-0.2, -0.15) is 5.10 Å². The lowest BCUT2D eigenvalue weighted by Crippen LogP contribution is -2.38. The summed E-state index contributed by atoms with van der Waals surface area (Å²) in [6, 6.07) is 12.3. The molecule has 0 saturated heterocycles. The second kappa shape index (κ2) is 8.52. The fourth-order valence-corrected chi connectivity index (χ4v) is 3.57. The molecule has 3 rings (SSSR count). The largest absolute Gasteiger partial charge is 0.351 e. The zero-order chi connectivity index (χ0) is 20.3. The molecule has 1 amide bonds. The normalized spacial score (nSPS) is 11.5. The van der Waals surface area contributed by atoms with Gasteiger partial charge >= 0.3 is 0 Å². The van der Waals surface area contributed by atoms with Crippen molar-refractivity contribution in [3.05, 3.63) is 47.7 Å². The Hall–Kier alpha value is -2.73. The van der Waals surface area contributed by atoms with Crippen LogP contribution in [0.25, 0.3) is 22.3 Å². The Morgan fingerprint density at radius 1 is 1.25 bits per heavy atom. The lowest BCUT2D eigenvalue weighted by atomic mass is 10.0. The first-order valence-corrected chi connectivity index (χ1v) is 9.84. The molecule has 0 aliphatic heterocycles. The number of hydrogen-bond donors (Lipinski definition) is 1. The van der Waals surface area contributed by atoms with E-state index >= 15 is 0 Å². The van der Waals surface area contributed by atoms with Gasteiger partial charge in [0.25, 0.3) is 5.91 Å². The molecule has 0 saturated carbocycles. The minimum Gasteiger partial charge on any atom is -0.351 e. The molecular formula is C22H29N5O. The van der Waals surface area contributed by atoms with E-state index in [1.165, 1.54) is 0 Å². The summed E-state index contributed by atoms with van der Waals surface area (Å²) >= 11 is 0. The summed E-state index contributed by atoms with van der Waals surface area (Å²) in [6.45, 7) is 10.8. The molecular weight excluding hydrogens is 350 g/mol. The van der Waals surface area contributed by atoms with Crippen molar-refractivity contribution >= 4 is 16.9 Å². The number of rotatable bonds is 7. The molecule has 0 aliphatic carbocycles. The number of hydrogen-bond acceptors (Lipinski definition) is 4. The Balaban J connectivity index is 1.93. The van der Waals surface area contributed by atoms with Crippen molar-refractivity contribution in [3.63, 3.8) is 0 Å². The van der Waals surface area contributed by atoms with E-state index in [2.05, 4.69) is 36.1 Å². The number of amides is 1. The van der Waals surface area contributed by atoms with Gasteiger partial charge in [0.15, 0.2) is 5.65 Å². The minimum atomic E-state index is -0.0829. The van der Waals surface area contributed by atoms with Gasteiger partial charge in [-0.3, -0.25) is 14.4 Å². The number of carbonyl (C=O) groups excluding carboxylic acids is 1. The van der Waals surface area contributed by atoms with Crippen LogP contribution in [0.2, 0.25) is 0 Å². The second-order valence-electron chi connectivity index (χ2n) is 7.31.